The summed E-state index contributed by atoms with van der Waals surface area (Å²) in [7, 11) is 0. The van der Waals surface area contributed by atoms with Crippen molar-refractivity contribution < 1.29 is 22.7 Å². The highest BCUT2D eigenvalue weighted by atomic mass is 19.4. The zero-order valence-electron chi connectivity index (χ0n) is 10.6. The third-order valence-corrected chi connectivity index (χ3v) is 2.55. The quantitative estimate of drug-likeness (QED) is 0.643. The van der Waals surface area contributed by atoms with Crippen LogP contribution in [0.3, 0.4) is 0 Å². The van der Waals surface area contributed by atoms with Crippen molar-refractivity contribution in [2.24, 2.45) is 11.8 Å². The highest BCUT2D eigenvalue weighted by Gasteiger charge is 2.40. The van der Waals surface area contributed by atoms with E-state index in [2.05, 4.69) is 18.6 Å². The summed E-state index contributed by atoms with van der Waals surface area (Å²) < 4.78 is 39.5. The Morgan fingerprint density at radius 1 is 1.12 bits per heavy atom. The van der Waals surface area contributed by atoms with Crippen molar-refractivity contribution in [3.8, 4) is 0 Å². The Morgan fingerprint density at radius 3 is 2.18 bits per heavy atom. The molecular formula is C12H21F3O2. The van der Waals surface area contributed by atoms with Gasteiger partial charge in [0, 0.05) is 0 Å². The van der Waals surface area contributed by atoms with Gasteiger partial charge in [-0.1, -0.05) is 40.0 Å². The molecule has 102 valence electrons. The molecule has 0 aromatic heterocycles. The maximum Gasteiger partial charge on any atom is 0.490 e. The van der Waals surface area contributed by atoms with Crippen molar-refractivity contribution in [3.05, 3.63) is 0 Å². The summed E-state index contributed by atoms with van der Waals surface area (Å²) in [6.45, 7) is 6.08. The summed E-state index contributed by atoms with van der Waals surface area (Å²) in [6.07, 6.45) is -1.25. The van der Waals surface area contributed by atoms with Crippen molar-refractivity contribution >= 4 is 5.97 Å². The van der Waals surface area contributed by atoms with Crippen molar-refractivity contribution in [1.82, 2.24) is 0 Å². The molecule has 5 heteroatoms. The first-order valence-corrected chi connectivity index (χ1v) is 5.97. The Bertz CT molecular complexity index is 224. The van der Waals surface area contributed by atoms with Crippen molar-refractivity contribution in [2.45, 2.75) is 52.6 Å². The van der Waals surface area contributed by atoms with E-state index < -0.39 is 12.1 Å². The van der Waals surface area contributed by atoms with E-state index in [1.54, 1.807) is 0 Å². The molecule has 0 amide bonds. The number of carbonyl (C=O) groups excluding carboxylic acids is 1. The minimum Gasteiger partial charge on any atom is -0.459 e. The van der Waals surface area contributed by atoms with Crippen LogP contribution in [0.2, 0.25) is 0 Å². The van der Waals surface area contributed by atoms with Gasteiger partial charge in [-0.25, -0.2) is 4.79 Å². The van der Waals surface area contributed by atoms with Crippen LogP contribution in [0.1, 0.15) is 46.5 Å². The second-order valence-electron chi connectivity index (χ2n) is 4.85. The molecule has 1 unspecified atom stereocenters. The van der Waals surface area contributed by atoms with Gasteiger partial charge in [0.15, 0.2) is 0 Å². The Morgan fingerprint density at radius 2 is 1.71 bits per heavy atom. The lowest BCUT2D eigenvalue weighted by molar-refractivity contribution is -0.199. The average Bonchev–Trinajstić information content (AvgIpc) is 2.15. The molecule has 0 bridgehead atoms. The molecule has 0 saturated heterocycles. The molecule has 0 aliphatic carbocycles. The van der Waals surface area contributed by atoms with Crippen LogP contribution < -0.4 is 0 Å². The van der Waals surface area contributed by atoms with Crippen molar-refractivity contribution in [3.63, 3.8) is 0 Å². The van der Waals surface area contributed by atoms with E-state index in [-0.39, 0.29) is 12.5 Å². The fraction of sp³-hybridized carbons (Fsp3) is 0.917. The van der Waals surface area contributed by atoms with Gasteiger partial charge in [-0.3, -0.25) is 0 Å². The van der Waals surface area contributed by atoms with Crippen molar-refractivity contribution in [2.75, 3.05) is 6.61 Å². The van der Waals surface area contributed by atoms with Gasteiger partial charge in [0.05, 0.1) is 6.61 Å². The molecule has 0 aliphatic rings. The van der Waals surface area contributed by atoms with E-state index in [1.807, 2.05) is 6.92 Å². The molecule has 0 aliphatic heterocycles. The molecule has 2 nitrogen and oxygen atoms in total. The summed E-state index contributed by atoms with van der Waals surface area (Å²) in [5.74, 6) is -1.16. The first-order chi connectivity index (χ1) is 7.73. The molecule has 0 saturated carbocycles. The smallest absolute Gasteiger partial charge is 0.459 e. The number of rotatable bonds is 7. The van der Waals surface area contributed by atoms with Gasteiger partial charge in [-0.15, -0.1) is 0 Å². The van der Waals surface area contributed by atoms with Crippen LogP contribution in [-0.4, -0.2) is 18.8 Å². The lowest BCUT2D eigenvalue weighted by atomic mass is 9.98. The number of hydrogen-bond donors (Lipinski definition) is 0. The van der Waals surface area contributed by atoms with Gasteiger partial charge < -0.3 is 4.74 Å². The molecular weight excluding hydrogens is 233 g/mol. The second-order valence-corrected chi connectivity index (χ2v) is 4.85. The van der Waals surface area contributed by atoms with Gasteiger partial charge in [-0.05, 0) is 18.3 Å². The molecule has 0 fully saturated rings. The monoisotopic (exact) mass is 254 g/mol. The van der Waals surface area contributed by atoms with E-state index in [1.165, 1.54) is 0 Å². The SMILES string of the molecule is CC(C)CCCC(C)CCOC(=O)C(F)(F)F. The normalized spacial score (nSPS) is 13.8. The molecule has 0 radical (unpaired) electrons. The Labute approximate surface area is 101 Å². The lowest BCUT2D eigenvalue weighted by Gasteiger charge is -2.13. The summed E-state index contributed by atoms with van der Waals surface area (Å²) in [6, 6.07) is 0. The van der Waals surface area contributed by atoms with Crippen LogP contribution in [0.15, 0.2) is 0 Å². The van der Waals surface area contributed by atoms with Crippen LogP contribution in [-0.2, 0) is 9.53 Å². The molecule has 17 heavy (non-hydrogen) atoms. The Balaban J connectivity index is 3.58. The van der Waals surface area contributed by atoms with Crippen LogP contribution in [0, 0.1) is 11.8 Å². The maximum atomic E-state index is 11.8. The molecule has 0 N–H and O–H groups in total. The number of alkyl halides is 3. The zero-order chi connectivity index (χ0) is 13.5. The van der Waals surface area contributed by atoms with Crippen LogP contribution in [0.4, 0.5) is 13.2 Å². The molecule has 0 spiro atoms. The Hall–Kier alpha value is -0.740. The topological polar surface area (TPSA) is 26.3 Å². The summed E-state index contributed by atoms with van der Waals surface area (Å²) in [5, 5.41) is 0. The summed E-state index contributed by atoms with van der Waals surface area (Å²) in [4.78, 5) is 10.4. The van der Waals surface area contributed by atoms with E-state index in [9.17, 15) is 18.0 Å². The molecule has 0 aromatic rings. The summed E-state index contributed by atoms with van der Waals surface area (Å²) >= 11 is 0. The second kappa shape index (κ2) is 7.56. The highest BCUT2D eigenvalue weighted by molar-refractivity contribution is 5.75. The van der Waals surface area contributed by atoms with E-state index >= 15 is 0 Å². The molecule has 0 heterocycles. The highest BCUT2D eigenvalue weighted by Crippen LogP contribution is 2.18. The number of ether oxygens (including phenoxy) is 1. The predicted octanol–water partition coefficient (Wildman–Crippen LogP) is 3.94. The summed E-state index contributed by atoms with van der Waals surface area (Å²) in [5.41, 5.74) is 0. The van der Waals surface area contributed by atoms with Crippen molar-refractivity contribution in [1.29, 1.82) is 0 Å². The van der Waals surface area contributed by atoms with E-state index in [0.717, 1.165) is 19.3 Å². The molecule has 0 aromatic carbocycles. The zero-order valence-corrected chi connectivity index (χ0v) is 10.6. The first-order valence-electron chi connectivity index (χ1n) is 5.97. The van der Waals surface area contributed by atoms with E-state index in [0.29, 0.717) is 12.3 Å². The maximum absolute atomic E-state index is 11.8. The van der Waals surface area contributed by atoms with Gasteiger partial charge in [0.25, 0.3) is 0 Å². The minimum atomic E-state index is -4.87. The Kier molecular flexibility index (Phi) is 7.23. The number of halogens is 3. The van der Waals surface area contributed by atoms with Gasteiger partial charge in [-0.2, -0.15) is 13.2 Å². The molecule has 1 atom stereocenters. The van der Waals surface area contributed by atoms with E-state index in [4.69, 9.17) is 0 Å². The van der Waals surface area contributed by atoms with Gasteiger partial charge >= 0.3 is 12.1 Å². The third-order valence-electron chi connectivity index (χ3n) is 2.55. The van der Waals surface area contributed by atoms with Gasteiger partial charge in [0.1, 0.15) is 0 Å². The average molecular weight is 254 g/mol. The van der Waals surface area contributed by atoms with Gasteiger partial charge in [0.2, 0.25) is 0 Å². The molecule has 0 rings (SSSR count). The standard InChI is InChI=1S/C12H21F3O2/c1-9(2)5-4-6-10(3)7-8-17-11(16)12(13,14)15/h9-10H,4-8H2,1-3H3. The lowest BCUT2D eigenvalue weighted by Crippen LogP contribution is -2.26. The number of hydrogen-bond acceptors (Lipinski definition) is 2. The first kappa shape index (κ1) is 16.3. The number of carbonyl (C=O) groups is 1. The fourth-order valence-corrected chi connectivity index (χ4v) is 1.45. The van der Waals surface area contributed by atoms with Crippen LogP contribution in [0.5, 0.6) is 0 Å². The number of esters is 1. The fourth-order valence-electron chi connectivity index (χ4n) is 1.45. The predicted molar refractivity (Wildman–Crippen MR) is 59.5 cm³/mol. The third kappa shape index (κ3) is 9.01. The van der Waals surface area contributed by atoms with Crippen LogP contribution in [0.25, 0.3) is 0 Å². The minimum absolute atomic E-state index is 0.152. The van der Waals surface area contributed by atoms with Crippen LogP contribution >= 0.6 is 0 Å². The largest absolute Gasteiger partial charge is 0.490 e.